The number of hydrogen-bond donors (Lipinski definition) is 0. The zero-order chi connectivity index (χ0) is 11.5. The van der Waals surface area contributed by atoms with Gasteiger partial charge < -0.3 is 0 Å². The van der Waals surface area contributed by atoms with Gasteiger partial charge in [-0.25, -0.2) is 8.42 Å². The van der Waals surface area contributed by atoms with Gasteiger partial charge in [0.15, 0.2) is 9.84 Å². The molecule has 0 aliphatic rings. The molecule has 0 aliphatic carbocycles. The van der Waals surface area contributed by atoms with E-state index in [4.69, 9.17) is 11.6 Å². The molecule has 0 heterocycles. The van der Waals surface area contributed by atoms with Gasteiger partial charge in [-0.05, 0) is 18.2 Å². The van der Waals surface area contributed by atoms with E-state index in [0.717, 1.165) is 6.26 Å². The van der Waals surface area contributed by atoms with Crippen molar-refractivity contribution in [2.75, 3.05) is 6.26 Å². The lowest BCUT2D eigenvalue weighted by Crippen LogP contribution is -1.97. The molecule has 6 heteroatoms. The monoisotopic (exact) mass is 261 g/mol. The van der Waals surface area contributed by atoms with Crippen molar-refractivity contribution in [2.24, 2.45) is 4.99 Å². The minimum Gasteiger partial charge on any atom is -0.256 e. The molecule has 80 valence electrons. The highest BCUT2D eigenvalue weighted by atomic mass is 35.5. The van der Waals surface area contributed by atoms with Crippen molar-refractivity contribution in [2.45, 2.75) is 4.90 Å². The predicted octanol–water partition coefficient (Wildman–Crippen LogP) is 2.45. The van der Waals surface area contributed by atoms with Gasteiger partial charge in [-0.1, -0.05) is 23.8 Å². The number of hydrogen-bond acceptors (Lipinski definition) is 4. The Hall–Kier alpha value is -0.780. The standard InChI is InChI=1S/C9H8ClNO2S2/c1-15(12,13)9-3-2-7(6-8(9)10)11-4-5-14/h2-6H,1H3. The van der Waals surface area contributed by atoms with Crippen molar-refractivity contribution in [1.82, 2.24) is 0 Å². The second kappa shape index (κ2) is 4.83. The number of benzene rings is 1. The first-order valence-corrected chi connectivity index (χ1v) is 6.66. The van der Waals surface area contributed by atoms with Crippen LogP contribution in [0.3, 0.4) is 0 Å². The molecule has 0 unspecified atom stereocenters. The summed E-state index contributed by atoms with van der Waals surface area (Å²) in [7, 11) is -3.28. The molecule has 15 heavy (non-hydrogen) atoms. The Labute approximate surface area is 98.7 Å². The zero-order valence-electron chi connectivity index (χ0n) is 7.84. The van der Waals surface area contributed by atoms with Crippen molar-refractivity contribution in [3.63, 3.8) is 0 Å². The Kier molecular flexibility index (Phi) is 3.96. The quantitative estimate of drug-likeness (QED) is 0.620. The minimum absolute atomic E-state index is 0.102. The van der Waals surface area contributed by atoms with Crippen LogP contribution in [0.1, 0.15) is 0 Å². The maximum absolute atomic E-state index is 11.2. The van der Waals surface area contributed by atoms with E-state index < -0.39 is 9.84 Å². The van der Waals surface area contributed by atoms with E-state index in [1.54, 1.807) is 6.07 Å². The summed E-state index contributed by atoms with van der Waals surface area (Å²) in [6, 6.07) is 4.47. The molecule has 0 bridgehead atoms. The molecule has 1 aromatic rings. The van der Waals surface area contributed by atoms with Gasteiger partial charge in [0.2, 0.25) is 0 Å². The largest absolute Gasteiger partial charge is 0.256 e. The van der Waals surface area contributed by atoms with Gasteiger partial charge in [-0.15, -0.1) is 0 Å². The fourth-order valence-electron chi connectivity index (χ4n) is 0.987. The topological polar surface area (TPSA) is 46.5 Å². The van der Waals surface area contributed by atoms with Gasteiger partial charge in [0.05, 0.1) is 15.6 Å². The molecule has 0 aliphatic heterocycles. The molecule has 0 fully saturated rings. The van der Waals surface area contributed by atoms with Gasteiger partial charge in [0.25, 0.3) is 0 Å². The first-order valence-electron chi connectivity index (χ1n) is 3.92. The van der Waals surface area contributed by atoms with Crippen molar-refractivity contribution in [3.8, 4) is 0 Å². The number of nitrogens with zero attached hydrogens (tertiary/aromatic N) is 1. The number of halogens is 1. The summed E-state index contributed by atoms with van der Waals surface area (Å²) in [5, 5.41) is 1.52. The van der Waals surface area contributed by atoms with Crippen molar-refractivity contribution in [3.05, 3.63) is 23.2 Å². The molecule has 0 spiro atoms. The van der Waals surface area contributed by atoms with Crippen LogP contribution in [0.5, 0.6) is 0 Å². The molecule has 1 aromatic carbocycles. The van der Waals surface area contributed by atoms with E-state index in [1.165, 1.54) is 23.7 Å². The maximum Gasteiger partial charge on any atom is 0.176 e. The van der Waals surface area contributed by atoms with Crippen LogP contribution in [0.2, 0.25) is 5.02 Å². The van der Waals surface area contributed by atoms with Crippen LogP contribution in [-0.4, -0.2) is 26.3 Å². The van der Waals surface area contributed by atoms with E-state index in [1.807, 2.05) is 0 Å². The average molecular weight is 262 g/mol. The Morgan fingerprint density at radius 2 is 2.13 bits per heavy atom. The zero-order valence-corrected chi connectivity index (χ0v) is 10.2. The van der Waals surface area contributed by atoms with Crippen molar-refractivity contribution in [1.29, 1.82) is 0 Å². The van der Waals surface area contributed by atoms with Crippen LogP contribution in [0, 0.1) is 0 Å². The van der Waals surface area contributed by atoms with Crippen LogP contribution in [0.25, 0.3) is 0 Å². The molecular weight excluding hydrogens is 254 g/mol. The SMILES string of the molecule is CS(=O)(=O)c1ccc(N=CC=S)cc1Cl. The van der Waals surface area contributed by atoms with Crippen LogP contribution in [0.15, 0.2) is 28.1 Å². The van der Waals surface area contributed by atoms with Crippen LogP contribution in [-0.2, 0) is 9.84 Å². The average Bonchev–Trinajstić information content (AvgIpc) is 2.12. The summed E-state index contributed by atoms with van der Waals surface area (Å²) >= 11 is 10.4. The summed E-state index contributed by atoms with van der Waals surface area (Å²) in [5.74, 6) is 0. The Balaban J connectivity index is 3.20. The van der Waals surface area contributed by atoms with E-state index >= 15 is 0 Å². The van der Waals surface area contributed by atoms with E-state index in [2.05, 4.69) is 17.2 Å². The fourth-order valence-corrected chi connectivity index (χ4v) is 2.37. The smallest absolute Gasteiger partial charge is 0.176 e. The van der Waals surface area contributed by atoms with Gasteiger partial charge >= 0.3 is 0 Å². The highest BCUT2D eigenvalue weighted by molar-refractivity contribution is 7.90. The van der Waals surface area contributed by atoms with E-state index in [-0.39, 0.29) is 9.92 Å². The first kappa shape index (κ1) is 12.3. The second-order valence-corrected chi connectivity index (χ2v) is 5.46. The molecule has 0 aromatic heterocycles. The molecule has 3 nitrogen and oxygen atoms in total. The van der Waals surface area contributed by atoms with Crippen molar-refractivity contribution >= 4 is 50.9 Å². The lowest BCUT2D eigenvalue weighted by atomic mass is 10.3. The summed E-state index contributed by atoms with van der Waals surface area (Å²) < 4.78 is 22.5. The van der Waals surface area contributed by atoms with Crippen LogP contribution in [0.4, 0.5) is 5.69 Å². The third kappa shape index (κ3) is 3.37. The predicted molar refractivity (Wildman–Crippen MR) is 66.4 cm³/mol. The Bertz CT molecular complexity index is 509. The summed E-state index contributed by atoms with van der Waals surface area (Å²) in [4.78, 5) is 4.05. The Morgan fingerprint density at radius 1 is 1.47 bits per heavy atom. The molecule has 0 saturated heterocycles. The summed E-state index contributed by atoms with van der Waals surface area (Å²) in [5.41, 5.74) is 0.563. The molecule has 0 saturated carbocycles. The molecule has 0 N–H and O–H groups in total. The minimum atomic E-state index is -3.28. The third-order valence-corrected chi connectivity index (χ3v) is 3.30. The van der Waals surface area contributed by atoms with Gasteiger partial charge in [0.1, 0.15) is 0 Å². The van der Waals surface area contributed by atoms with Gasteiger partial charge in [-0.2, -0.15) is 0 Å². The summed E-state index contributed by atoms with van der Waals surface area (Å²) in [6.07, 6.45) is 2.54. The van der Waals surface area contributed by atoms with Gasteiger partial charge in [-0.3, -0.25) is 4.99 Å². The van der Waals surface area contributed by atoms with Crippen LogP contribution < -0.4 is 0 Å². The normalized spacial score (nSPS) is 11.9. The van der Waals surface area contributed by atoms with E-state index in [9.17, 15) is 8.42 Å². The maximum atomic E-state index is 11.2. The second-order valence-electron chi connectivity index (χ2n) is 2.80. The highest BCUT2D eigenvalue weighted by Crippen LogP contribution is 2.26. The molecule has 0 amide bonds. The fraction of sp³-hybridized carbons (Fsp3) is 0.111. The lowest BCUT2D eigenvalue weighted by Gasteiger charge is -2.01. The first-order chi connectivity index (χ1) is 6.95. The number of rotatable bonds is 3. The number of thiocarbonyl (C=S) groups is 1. The summed E-state index contributed by atoms with van der Waals surface area (Å²) in [6.45, 7) is 0. The van der Waals surface area contributed by atoms with Gasteiger partial charge in [0, 0.05) is 17.8 Å². The van der Waals surface area contributed by atoms with Crippen LogP contribution >= 0.6 is 23.8 Å². The Morgan fingerprint density at radius 3 is 2.60 bits per heavy atom. The van der Waals surface area contributed by atoms with E-state index in [0.29, 0.717) is 5.69 Å². The molecular formula is C9H8ClNO2S2. The molecule has 1 rings (SSSR count). The number of aliphatic imine (C=N–C) groups is 1. The molecule has 0 radical (unpaired) electrons. The third-order valence-electron chi connectivity index (χ3n) is 1.60. The highest BCUT2D eigenvalue weighted by Gasteiger charge is 2.11. The lowest BCUT2D eigenvalue weighted by molar-refractivity contribution is 0.602. The molecule has 0 atom stereocenters. The van der Waals surface area contributed by atoms with Crippen molar-refractivity contribution < 1.29 is 8.42 Å². The number of sulfone groups is 1.